The lowest BCUT2D eigenvalue weighted by Crippen LogP contribution is -2.20. The molecule has 12 heavy (non-hydrogen) atoms. The van der Waals surface area contributed by atoms with E-state index in [0.717, 1.165) is 0 Å². The van der Waals surface area contributed by atoms with Crippen molar-refractivity contribution in [2.24, 2.45) is 11.5 Å². The smallest absolute Gasteiger partial charge is 0.417 e. The number of rotatable bonds is 1. The molecule has 0 rings (SSSR count). The molecule has 0 bridgehead atoms. The first-order chi connectivity index (χ1) is 5.41. The maximum Gasteiger partial charge on any atom is 0.417 e. The van der Waals surface area contributed by atoms with Crippen LogP contribution in [0.4, 0.5) is 0 Å². The number of carboxylic acids is 1. The molecule has 0 amide bonds. The zero-order chi connectivity index (χ0) is 10.1. The topological polar surface area (TPSA) is 139 Å². The van der Waals surface area contributed by atoms with E-state index in [-0.39, 0.29) is 12.6 Å². The van der Waals surface area contributed by atoms with Gasteiger partial charge in [0.25, 0.3) is 0 Å². The minimum absolute atomic E-state index is 0.102. The van der Waals surface area contributed by atoms with Crippen LogP contribution in [0.15, 0.2) is 0 Å². The fourth-order valence-electron chi connectivity index (χ4n) is 0.193. The number of carbonyl (C=O) groups excluding carboxylic acids is 1. The van der Waals surface area contributed by atoms with Gasteiger partial charge in [-0.3, -0.25) is 5.41 Å². The third kappa shape index (κ3) is 15.7. The number of esters is 1. The zero-order valence-electron chi connectivity index (χ0n) is 6.53. The first kappa shape index (κ1) is 12.8. The number of nitrogens with one attached hydrogen (secondary N) is 1. The van der Waals surface area contributed by atoms with Crippen LogP contribution in [0.25, 0.3) is 0 Å². The summed E-state index contributed by atoms with van der Waals surface area (Å²) in [5.74, 6) is -3.08. The highest BCUT2D eigenvalue weighted by atomic mass is 16.6. The van der Waals surface area contributed by atoms with Crippen LogP contribution >= 0.6 is 0 Å². The number of hydrogen-bond donors (Lipinski definition) is 4. The Hall–Kier alpha value is -1.79. The molecule has 0 aliphatic heterocycles. The molecule has 7 nitrogen and oxygen atoms in total. The summed E-state index contributed by atoms with van der Waals surface area (Å²) in [7, 11) is 0. The Balaban J connectivity index is 0. The van der Waals surface area contributed by atoms with E-state index in [2.05, 4.69) is 16.2 Å². The monoisotopic (exact) mass is 177 g/mol. The summed E-state index contributed by atoms with van der Waals surface area (Å²) < 4.78 is 4.06. The predicted octanol–water partition coefficient (Wildman–Crippen LogP) is -1.53. The lowest BCUT2D eigenvalue weighted by atomic mass is 10.7. The Kier molecular flexibility index (Phi) is 7.84. The predicted molar refractivity (Wildman–Crippen MR) is 40.4 cm³/mol. The third-order valence-electron chi connectivity index (χ3n) is 0.450. The largest absolute Gasteiger partial charge is 0.473 e. The molecule has 0 saturated carbocycles. The molecule has 0 aliphatic rings. The van der Waals surface area contributed by atoms with Crippen LogP contribution in [0.3, 0.4) is 0 Å². The molecule has 0 atom stereocenters. The molecule has 0 saturated heterocycles. The van der Waals surface area contributed by atoms with Crippen molar-refractivity contribution in [2.75, 3.05) is 6.61 Å². The van der Waals surface area contributed by atoms with Crippen LogP contribution in [-0.2, 0) is 14.3 Å². The van der Waals surface area contributed by atoms with Crippen molar-refractivity contribution in [3.63, 3.8) is 0 Å². The average molecular weight is 177 g/mol. The Bertz CT molecular complexity index is 176. The van der Waals surface area contributed by atoms with Crippen molar-refractivity contribution >= 4 is 17.9 Å². The van der Waals surface area contributed by atoms with Gasteiger partial charge >= 0.3 is 11.9 Å². The molecule has 0 aromatic heterocycles. The van der Waals surface area contributed by atoms with Gasteiger partial charge in [-0.05, 0) is 6.92 Å². The minimum Gasteiger partial charge on any atom is -0.473 e. The molecule has 6 N–H and O–H groups in total. The van der Waals surface area contributed by atoms with E-state index in [1.54, 1.807) is 6.92 Å². The summed E-state index contributed by atoms with van der Waals surface area (Å²) in [5, 5.41) is 13.9. The van der Waals surface area contributed by atoms with Gasteiger partial charge in [0.15, 0.2) is 5.96 Å². The average Bonchev–Trinajstić information content (AvgIpc) is 1.86. The molecule has 0 aromatic carbocycles. The second-order valence-electron chi connectivity index (χ2n) is 1.48. The quantitative estimate of drug-likeness (QED) is 0.166. The number of nitrogens with two attached hydrogens (primary N) is 2. The Morgan fingerprint density at radius 1 is 1.50 bits per heavy atom. The standard InChI is InChI=1S/C4H6O4.CH5N3/c1-2-8-4(7)3(5)6;2-1(3)4/h2H2,1H3,(H,5,6);(H5,2,3,4). The molecule has 70 valence electrons. The van der Waals surface area contributed by atoms with E-state index in [9.17, 15) is 9.59 Å². The second-order valence-corrected chi connectivity index (χ2v) is 1.48. The maximum atomic E-state index is 9.92. The van der Waals surface area contributed by atoms with Crippen LogP contribution in [-0.4, -0.2) is 29.6 Å². The summed E-state index contributed by atoms with van der Waals surface area (Å²) >= 11 is 0. The zero-order valence-corrected chi connectivity index (χ0v) is 6.53. The van der Waals surface area contributed by atoms with Gasteiger partial charge in [-0.25, -0.2) is 9.59 Å². The van der Waals surface area contributed by atoms with Crippen LogP contribution in [0.2, 0.25) is 0 Å². The number of carboxylic acid groups (broad SMARTS) is 1. The van der Waals surface area contributed by atoms with Crippen LogP contribution < -0.4 is 11.5 Å². The van der Waals surface area contributed by atoms with Crippen LogP contribution in [0.5, 0.6) is 0 Å². The third-order valence-corrected chi connectivity index (χ3v) is 0.450. The molecule has 0 spiro atoms. The molecule has 7 heteroatoms. The molecular weight excluding hydrogens is 166 g/mol. The summed E-state index contributed by atoms with van der Waals surface area (Å²) in [6, 6.07) is 0. The Morgan fingerprint density at radius 2 is 1.83 bits per heavy atom. The lowest BCUT2D eigenvalue weighted by Gasteiger charge is -1.91. The van der Waals surface area contributed by atoms with Gasteiger partial charge in [0, 0.05) is 0 Å². The number of ether oxygens (including phenoxy) is 1. The normalized spacial score (nSPS) is 7.42. The number of guanidine groups is 1. The van der Waals surface area contributed by atoms with Crippen molar-refractivity contribution in [3.8, 4) is 0 Å². The van der Waals surface area contributed by atoms with Gasteiger partial charge in [-0.1, -0.05) is 0 Å². The lowest BCUT2D eigenvalue weighted by molar-refractivity contribution is -0.163. The maximum absolute atomic E-state index is 9.92. The summed E-state index contributed by atoms with van der Waals surface area (Å²) in [6.07, 6.45) is 0. The molecule has 0 heterocycles. The summed E-state index contributed by atoms with van der Waals surface area (Å²) in [5.41, 5.74) is 8.94. The van der Waals surface area contributed by atoms with Gasteiger partial charge < -0.3 is 21.3 Å². The number of aliphatic carboxylic acids is 1. The van der Waals surface area contributed by atoms with Crippen molar-refractivity contribution in [2.45, 2.75) is 6.92 Å². The molecule has 0 fully saturated rings. The van der Waals surface area contributed by atoms with E-state index >= 15 is 0 Å². The van der Waals surface area contributed by atoms with Gasteiger partial charge in [0.2, 0.25) is 0 Å². The van der Waals surface area contributed by atoms with Crippen molar-refractivity contribution < 1.29 is 19.4 Å². The first-order valence-corrected chi connectivity index (χ1v) is 2.91. The van der Waals surface area contributed by atoms with E-state index in [4.69, 9.17) is 10.5 Å². The van der Waals surface area contributed by atoms with Crippen LogP contribution in [0.1, 0.15) is 6.92 Å². The van der Waals surface area contributed by atoms with Crippen molar-refractivity contribution in [3.05, 3.63) is 0 Å². The fraction of sp³-hybridized carbons (Fsp3) is 0.400. The highest BCUT2D eigenvalue weighted by Gasteiger charge is 2.09. The molecule has 0 aromatic rings. The molecule has 0 radical (unpaired) electrons. The van der Waals surface area contributed by atoms with E-state index in [1.165, 1.54) is 0 Å². The minimum atomic E-state index is -1.55. The highest BCUT2D eigenvalue weighted by molar-refractivity contribution is 6.28. The van der Waals surface area contributed by atoms with Crippen molar-refractivity contribution in [1.82, 2.24) is 0 Å². The fourth-order valence-corrected chi connectivity index (χ4v) is 0.193. The van der Waals surface area contributed by atoms with Gasteiger partial charge in [-0.2, -0.15) is 0 Å². The van der Waals surface area contributed by atoms with E-state index in [1.807, 2.05) is 0 Å². The summed E-state index contributed by atoms with van der Waals surface area (Å²) in [4.78, 5) is 19.5. The van der Waals surface area contributed by atoms with Crippen LogP contribution in [0, 0.1) is 5.41 Å². The molecule has 0 aliphatic carbocycles. The number of hydrogen-bond acceptors (Lipinski definition) is 4. The van der Waals surface area contributed by atoms with E-state index in [0.29, 0.717) is 0 Å². The van der Waals surface area contributed by atoms with Crippen molar-refractivity contribution in [1.29, 1.82) is 5.41 Å². The Labute approximate surface area is 68.8 Å². The van der Waals surface area contributed by atoms with E-state index < -0.39 is 11.9 Å². The number of carbonyl (C=O) groups is 2. The molecular formula is C5H11N3O4. The Morgan fingerprint density at radius 3 is 1.92 bits per heavy atom. The second kappa shape index (κ2) is 7.32. The van der Waals surface area contributed by atoms with Gasteiger partial charge in [-0.15, -0.1) is 0 Å². The van der Waals surface area contributed by atoms with Gasteiger partial charge in [0.05, 0.1) is 6.61 Å². The molecule has 0 unspecified atom stereocenters. The van der Waals surface area contributed by atoms with Gasteiger partial charge in [0.1, 0.15) is 0 Å². The summed E-state index contributed by atoms with van der Waals surface area (Å²) in [6.45, 7) is 1.64. The highest BCUT2D eigenvalue weighted by Crippen LogP contribution is 1.74. The first-order valence-electron chi connectivity index (χ1n) is 2.91. The SMILES string of the molecule is CCOC(=O)C(=O)O.N=C(N)N.